The van der Waals surface area contributed by atoms with Crippen LogP contribution in [-0.2, 0) is 24.7 Å². The largest absolute Gasteiger partial charge is 0.493 e. The lowest BCUT2D eigenvalue weighted by Crippen LogP contribution is -2.28. The fourth-order valence-corrected chi connectivity index (χ4v) is 4.91. The number of pyridine rings is 1. The van der Waals surface area contributed by atoms with E-state index in [1.54, 1.807) is 38.1 Å². The molecule has 0 bridgehead atoms. The van der Waals surface area contributed by atoms with Gasteiger partial charge in [0.05, 0.1) is 28.6 Å². The topological polar surface area (TPSA) is 81.4 Å². The number of aryl methyl sites for hydroxylation is 1. The zero-order valence-corrected chi connectivity index (χ0v) is 22.8. The summed E-state index contributed by atoms with van der Waals surface area (Å²) in [5.74, 6) is -0.438. The van der Waals surface area contributed by atoms with Crippen LogP contribution in [0.25, 0.3) is 21.8 Å². The normalized spacial score (nSPS) is 11.7. The van der Waals surface area contributed by atoms with Crippen molar-refractivity contribution < 1.29 is 19.4 Å². The molecule has 39 heavy (non-hydrogen) atoms. The summed E-state index contributed by atoms with van der Waals surface area (Å²) in [6, 6.07) is 24.4. The van der Waals surface area contributed by atoms with Gasteiger partial charge >= 0.3 is 5.97 Å². The van der Waals surface area contributed by atoms with Crippen LogP contribution in [0.5, 0.6) is 5.75 Å². The number of para-hydroxylation sites is 1. The molecule has 198 valence electrons. The maximum atomic E-state index is 13.7. The molecule has 3 aromatic carbocycles. The molecule has 2 aromatic heterocycles. The van der Waals surface area contributed by atoms with Crippen molar-refractivity contribution in [2.75, 3.05) is 6.61 Å². The van der Waals surface area contributed by atoms with E-state index < -0.39 is 11.4 Å². The van der Waals surface area contributed by atoms with E-state index in [2.05, 4.69) is 6.07 Å². The number of carboxylic acids is 1. The van der Waals surface area contributed by atoms with Gasteiger partial charge in [-0.25, -0.2) is 0 Å². The van der Waals surface area contributed by atoms with Gasteiger partial charge in [0.1, 0.15) is 5.75 Å². The first-order valence-electron chi connectivity index (χ1n) is 12.8. The van der Waals surface area contributed by atoms with Gasteiger partial charge in [-0.15, -0.1) is 0 Å². The summed E-state index contributed by atoms with van der Waals surface area (Å²) < 4.78 is 7.99. The van der Waals surface area contributed by atoms with Gasteiger partial charge in [-0.3, -0.25) is 14.6 Å². The van der Waals surface area contributed by atoms with Gasteiger partial charge in [0, 0.05) is 58.7 Å². The summed E-state index contributed by atoms with van der Waals surface area (Å²) >= 11 is 6.04. The fraction of sp³-hybridized carbons (Fsp3) is 0.219. The highest BCUT2D eigenvalue weighted by molar-refractivity contribution is 6.30. The van der Waals surface area contributed by atoms with Crippen molar-refractivity contribution in [2.24, 2.45) is 12.5 Å². The minimum Gasteiger partial charge on any atom is -0.493 e. The number of hydrogen-bond acceptors (Lipinski definition) is 4. The predicted octanol–water partition coefficient (Wildman–Crippen LogP) is 6.89. The lowest BCUT2D eigenvalue weighted by molar-refractivity contribution is -0.146. The van der Waals surface area contributed by atoms with Crippen molar-refractivity contribution in [1.29, 1.82) is 0 Å². The molecular weight excluding hydrogens is 512 g/mol. The van der Waals surface area contributed by atoms with Gasteiger partial charge in [-0.05, 0) is 62.4 Å². The Hall–Kier alpha value is -4.16. The molecular formula is C32H29ClN2O4. The maximum absolute atomic E-state index is 13.7. The van der Waals surface area contributed by atoms with Crippen LogP contribution in [0.2, 0.25) is 5.02 Å². The third-order valence-electron chi connectivity index (χ3n) is 7.10. The molecule has 0 fully saturated rings. The SMILES string of the molecule is Cn1c(CC(C)(C)C(=O)O)c(C(=O)c2ccc(Cl)cc2)c2ccc(OCCc3ccc4ccccc4n3)cc21. The number of benzene rings is 3. The zero-order valence-electron chi connectivity index (χ0n) is 22.1. The highest BCUT2D eigenvalue weighted by atomic mass is 35.5. The molecule has 0 unspecified atom stereocenters. The van der Waals surface area contributed by atoms with Crippen molar-refractivity contribution in [1.82, 2.24) is 9.55 Å². The summed E-state index contributed by atoms with van der Waals surface area (Å²) in [5.41, 5.74) is 3.28. The Morgan fingerprint density at radius 1 is 1.00 bits per heavy atom. The van der Waals surface area contributed by atoms with Gasteiger partial charge in [-0.2, -0.15) is 0 Å². The molecule has 0 atom stereocenters. The van der Waals surface area contributed by atoms with E-state index in [9.17, 15) is 14.7 Å². The summed E-state index contributed by atoms with van der Waals surface area (Å²) in [4.78, 5) is 30.4. The second-order valence-corrected chi connectivity index (χ2v) is 10.8. The molecule has 6 nitrogen and oxygen atoms in total. The smallest absolute Gasteiger partial charge is 0.309 e. The first kappa shape index (κ1) is 26.4. The second kappa shape index (κ2) is 10.5. The number of aromatic nitrogens is 2. The van der Waals surface area contributed by atoms with Gasteiger partial charge in [0.25, 0.3) is 0 Å². The number of nitrogens with zero attached hydrogens (tertiary/aromatic N) is 2. The number of ketones is 1. The number of hydrogen-bond donors (Lipinski definition) is 1. The lowest BCUT2D eigenvalue weighted by Gasteiger charge is -2.20. The number of fused-ring (bicyclic) bond motifs is 2. The molecule has 0 saturated carbocycles. The molecule has 0 aliphatic heterocycles. The highest BCUT2D eigenvalue weighted by Gasteiger charge is 2.32. The van der Waals surface area contributed by atoms with Crippen molar-refractivity contribution in [3.8, 4) is 5.75 Å². The van der Waals surface area contributed by atoms with Gasteiger partial charge < -0.3 is 14.4 Å². The number of carboxylic acid groups (broad SMARTS) is 1. The summed E-state index contributed by atoms with van der Waals surface area (Å²) in [6.45, 7) is 3.77. The molecule has 5 aromatic rings. The molecule has 0 aliphatic carbocycles. The van der Waals surface area contributed by atoms with Gasteiger partial charge in [-0.1, -0.05) is 35.9 Å². The average molecular weight is 541 g/mol. The first-order chi connectivity index (χ1) is 18.6. The number of aliphatic carboxylic acids is 1. The van der Waals surface area contributed by atoms with Crippen LogP contribution in [0.3, 0.4) is 0 Å². The monoisotopic (exact) mass is 540 g/mol. The molecule has 0 amide bonds. The summed E-state index contributed by atoms with van der Waals surface area (Å²) in [7, 11) is 1.86. The highest BCUT2D eigenvalue weighted by Crippen LogP contribution is 2.34. The van der Waals surface area contributed by atoms with Crippen LogP contribution in [0, 0.1) is 5.41 Å². The van der Waals surface area contributed by atoms with Crippen LogP contribution < -0.4 is 4.74 Å². The Morgan fingerprint density at radius 2 is 1.74 bits per heavy atom. The third-order valence-corrected chi connectivity index (χ3v) is 7.35. The molecule has 2 heterocycles. The Labute approximate surface area is 231 Å². The number of carbonyl (C=O) groups excluding carboxylic acids is 1. The number of ether oxygens (including phenoxy) is 1. The standard InChI is InChI=1S/C32H29ClN2O4/c1-32(2,31(37)38)19-28-29(30(36)21-8-11-22(33)12-9-21)25-15-14-24(18-27(25)35(28)3)39-17-16-23-13-10-20-6-4-5-7-26(20)34-23/h4-15,18H,16-17,19H2,1-3H3,(H,37,38). The number of halogens is 1. The van der Waals surface area contributed by atoms with Crippen LogP contribution in [0.15, 0.2) is 78.9 Å². The molecule has 5 rings (SSSR count). The average Bonchev–Trinajstić information content (AvgIpc) is 3.18. The van der Waals surface area contributed by atoms with E-state index in [1.807, 2.05) is 60.1 Å². The first-order valence-corrected chi connectivity index (χ1v) is 13.1. The Bertz CT molecular complexity index is 1700. The van der Waals surface area contributed by atoms with Crippen molar-refractivity contribution >= 4 is 45.2 Å². The molecule has 1 N–H and O–H groups in total. The van der Waals surface area contributed by atoms with Crippen molar-refractivity contribution in [3.05, 3.63) is 106 Å². The van der Waals surface area contributed by atoms with E-state index in [0.29, 0.717) is 40.6 Å². The van der Waals surface area contributed by atoms with Crippen molar-refractivity contribution in [2.45, 2.75) is 26.7 Å². The second-order valence-electron chi connectivity index (χ2n) is 10.4. The molecule has 0 saturated heterocycles. The van der Waals surface area contributed by atoms with Crippen LogP contribution in [0.1, 0.15) is 41.2 Å². The fourth-order valence-electron chi connectivity index (χ4n) is 4.78. The molecule has 0 spiro atoms. The number of rotatable bonds is 9. The van der Waals surface area contributed by atoms with E-state index in [1.165, 1.54) is 0 Å². The molecule has 0 radical (unpaired) electrons. The van der Waals surface area contributed by atoms with E-state index >= 15 is 0 Å². The van der Waals surface area contributed by atoms with Crippen LogP contribution >= 0.6 is 11.6 Å². The summed E-state index contributed by atoms with van der Waals surface area (Å²) in [6.07, 6.45) is 0.834. The van der Waals surface area contributed by atoms with Crippen LogP contribution in [0.4, 0.5) is 0 Å². The Kier molecular flexibility index (Phi) is 7.15. The van der Waals surface area contributed by atoms with Gasteiger partial charge in [0.15, 0.2) is 5.78 Å². The van der Waals surface area contributed by atoms with E-state index in [0.717, 1.165) is 27.5 Å². The van der Waals surface area contributed by atoms with E-state index in [-0.39, 0.29) is 12.2 Å². The van der Waals surface area contributed by atoms with Crippen molar-refractivity contribution in [3.63, 3.8) is 0 Å². The lowest BCUT2D eigenvalue weighted by atomic mass is 9.85. The Morgan fingerprint density at radius 3 is 2.49 bits per heavy atom. The Balaban J connectivity index is 1.46. The minimum absolute atomic E-state index is 0.176. The maximum Gasteiger partial charge on any atom is 0.309 e. The van der Waals surface area contributed by atoms with Gasteiger partial charge in [0.2, 0.25) is 0 Å². The van der Waals surface area contributed by atoms with E-state index in [4.69, 9.17) is 21.3 Å². The summed E-state index contributed by atoms with van der Waals surface area (Å²) in [5, 5.41) is 12.2. The molecule has 0 aliphatic rings. The number of carbonyl (C=O) groups is 2. The third kappa shape index (κ3) is 5.38. The quantitative estimate of drug-likeness (QED) is 0.206. The predicted molar refractivity (Wildman–Crippen MR) is 154 cm³/mol. The minimum atomic E-state index is -1.07. The zero-order chi connectivity index (χ0) is 27.7. The van der Waals surface area contributed by atoms with Crippen LogP contribution in [-0.4, -0.2) is 33.0 Å². The molecule has 7 heteroatoms.